The first kappa shape index (κ1) is 9.98. The minimum atomic E-state index is -1.14. The zero-order valence-corrected chi connectivity index (χ0v) is 9.98. The third-order valence-electron chi connectivity index (χ3n) is 0. The van der Waals surface area contributed by atoms with Crippen molar-refractivity contribution in [3.8, 4) is 0 Å². The quantitative estimate of drug-likeness (QED) is 0.443. The average Bonchev–Trinajstić information content (AvgIpc) is 0.811. The van der Waals surface area contributed by atoms with Crippen LogP contribution in [-0.2, 0) is 0 Å². The summed E-state index contributed by atoms with van der Waals surface area (Å²) < 4.78 is 0. The SMILES string of the molecule is O=C(O)S.[Cs+].[H-]. The van der Waals surface area contributed by atoms with E-state index in [-0.39, 0.29) is 70.3 Å². The van der Waals surface area contributed by atoms with Crippen molar-refractivity contribution in [3.63, 3.8) is 0 Å². The second-order valence-electron chi connectivity index (χ2n) is 0.283. The molecule has 0 radical (unpaired) electrons. The van der Waals surface area contributed by atoms with E-state index >= 15 is 0 Å². The minimum absolute atomic E-state index is 0. The van der Waals surface area contributed by atoms with Gasteiger partial charge in [0.25, 0.3) is 0 Å². The Bertz CT molecular complexity index is 36.5. The maximum Gasteiger partial charge on any atom is 1.00 e. The van der Waals surface area contributed by atoms with E-state index < -0.39 is 5.30 Å². The van der Waals surface area contributed by atoms with Crippen molar-refractivity contribution in [1.29, 1.82) is 0 Å². The molecule has 2 nitrogen and oxygen atoms in total. The van der Waals surface area contributed by atoms with Crippen LogP contribution in [0.4, 0.5) is 4.79 Å². The predicted molar refractivity (Wildman–Crippen MR) is 18.1 cm³/mol. The molecule has 5 heavy (non-hydrogen) atoms. The summed E-state index contributed by atoms with van der Waals surface area (Å²) in [5, 5.41) is 6.14. The molecule has 0 aliphatic carbocycles. The van der Waals surface area contributed by atoms with E-state index in [1.54, 1.807) is 0 Å². The molecule has 0 heterocycles. The van der Waals surface area contributed by atoms with Crippen LogP contribution in [-0.4, -0.2) is 10.4 Å². The fraction of sp³-hybridized carbons (Fsp3) is 0. The van der Waals surface area contributed by atoms with Crippen LogP contribution >= 0.6 is 12.6 Å². The first-order valence-corrected chi connectivity index (χ1v) is 1.10. The topological polar surface area (TPSA) is 37.3 Å². The molecule has 0 unspecified atom stereocenters. The zero-order chi connectivity index (χ0) is 3.58. The van der Waals surface area contributed by atoms with Crippen molar-refractivity contribution in [2.75, 3.05) is 0 Å². The van der Waals surface area contributed by atoms with Gasteiger partial charge in [0.05, 0.1) is 0 Å². The molecule has 0 aromatic carbocycles. The molecule has 26 valence electrons. The summed E-state index contributed by atoms with van der Waals surface area (Å²) in [6, 6.07) is 0. The van der Waals surface area contributed by atoms with E-state index in [9.17, 15) is 0 Å². The van der Waals surface area contributed by atoms with Crippen molar-refractivity contribution >= 4 is 17.9 Å². The van der Waals surface area contributed by atoms with Gasteiger partial charge in [-0.1, -0.05) is 12.6 Å². The first-order chi connectivity index (χ1) is 1.73. The Morgan fingerprint density at radius 3 is 2.00 bits per heavy atom. The van der Waals surface area contributed by atoms with E-state index in [1.165, 1.54) is 0 Å². The number of rotatable bonds is 0. The van der Waals surface area contributed by atoms with Gasteiger partial charge in [-0.15, -0.1) is 0 Å². The standard InChI is InChI=1S/CH2O2S.Cs.H/c2-1(3)4;;/h4H,(H,2,3);;/q;+1;-1. The molecule has 0 bridgehead atoms. The number of hydrogen-bond donors (Lipinski definition) is 2. The maximum atomic E-state index is 8.86. The molecular formula is CH3CsO2S. The Morgan fingerprint density at radius 2 is 2.00 bits per heavy atom. The second-order valence-corrected chi connectivity index (χ2v) is 0.665. The summed E-state index contributed by atoms with van der Waals surface area (Å²) >= 11 is 2.88. The van der Waals surface area contributed by atoms with Gasteiger partial charge in [0.15, 0.2) is 0 Å². The maximum absolute atomic E-state index is 8.86. The predicted octanol–water partition coefficient (Wildman–Crippen LogP) is -2.29. The summed E-state index contributed by atoms with van der Waals surface area (Å²) in [5.74, 6) is 0. The van der Waals surface area contributed by atoms with Gasteiger partial charge >= 0.3 is 74.2 Å². The summed E-state index contributed by atoms with van der Waals surface area (Å²) in [7, 11) is 0. The van der Waals surface area contributed by atoms with E-state index in [0.717, 1.165) is 0 Å². The first-order valence-electron chi connectivity index (χ1n) is 0.651. The molecule has 0 spiro atoms. The third-order valence-corrected chi connectivity index (χ3v) is 0. The van der Waals surface area contributed by atoms with Gasteiger partial charge in [0.2, 0.25) is 0 Å². The molecule has 1 N–H and O–H groups in total. The number of carbonyl (C=O) groups is 1. The van der Waals surface area contributed by atoms with Crippen molar-refractivity contribution in [3.05, 3.63) is 0 Å². The Labute approximate surface area is 95.6 Å². The monoisotopic (exact) mass is 212 g/mol. The van der Waals surface area contributed by atoms with Crippen molar-refractivity contribution in [2.45, 2.75) is 0 Å². The van der Waals surface area contributed by atoms with Crippen LogP contribution in [0, 0.1) is 0 Å². The second kappa shape index (κ2) is 5.87. The van der Waals surface area contributed by atoms with Crippen molar-refractivity contribution in [1.82, 2.24) is 0 Å². The van der Waals surface area contributed by atoms with Gasteiger partial charge in [0, 0.05) is 0 Å². The Balaban J connectivity index is -0.0000000450. The van der Waals surface area contributed by atoms with Crippen molar-refractivity contribution in [2.24, 2.45) is 0 Å². The third kappa shape index (κ3) is 25.1. The molecule has 0 saturated heterocycles. The molecule has 0 amide bonds. The van der Waals surface area contributed by atoms with Gasteiger partial charge < -0.3 is 6.53 Å². The minimum Gasteiger partial charge on any atom is -1.00 e. The van der Waals surface area contributed by atoms with Crippen LogP contribution < -0.4 is 68.9 Å². The summed E-state index contributed by atoms with van der Waals surface area (Å²) in [6.07, 6.45) is 0. The molecule has 0 aromatic heterocycles. The van der Waals surface area contributed by atoms with Gasteiger partial charge in [-0.25, -0.2) is 4.79 Å². The van der Waals surface area contributed by atoms with Gasteiger partial charge in [0.1, 0.15) is 0 Å². The normalized spacial score (nSPS) is 5.00. The van der Waals surface area contributed by atoms with Crippen LogP contribution in [0.3, 0.4) is 0 Å². The molecule has 0 aromatic rings. The largest absolute Gasteiger partial charge is 1.00 e. The van der Waals surface area contributed by atoms with Crippen LogP contribution in [0.1, 0.15) is 1.43 Å². The molecular weight excluding hydrogens is 209 g/mol. The van der Waals surface area contributed by atoms with Gasteiger partial charge in [-0.05, 0) is 0 Å². The number of thiol groups is 1. The molecule has 0 fully saturated rings. The number of hydrogen-bond acceptors (Lipinski definition) is 1. The summed E-state index contributed by atoms with van der Waals surface area (Å²) in [6.45, 7) is 0. The van der Waals surface area contributed by atoms with E-state index in [0.29, 0.717) is 0 Å². The molecule has 0 aliphatic rings. The molecule has 0 aliphatic heterocycles. The van der Waals surface area contributed by atoms with Crippen LogP contribution in [0.15, 0.2) is 0 Å². The fourth-order valence-electron chi connectivity index (χ4n) is 0. The van der Waals surface area contributed by atoms with Gasteiger partial charge in [-0.3, -0.25) is 0 Å². The molecule has 4 heteroatoms. The van der Waals surface area contributed by atoms with E-state index in [1.807, 2.05) is 0 Å². The molecule has 0 rings (SSSR count). The van der Waals surface area contributed by atoms with Crippen LogP contribution in [0.25, 0.3) is 0 Å². The van der Waals surface area contributed by atoms with Crippen molar-refractivity contribution < 1.29 is 80.2 Å². The Hall–Kier alpha value is 1.87. The van der Waals surface area contributed by atoms with E-state index in [2.05, 4.69) is 12.6 Å². The Morgan fingerprint density at radius 1 is 2.00 bits per heavy atom. The zero-order valence-electron chi connectivity index (χ0n) is 3.80. The van der Waals surface area contributed by atoms with E-state index in [4.69, 9.17) is 9.90 Å². The van der Waals surface area contributed by atoms with Crippen LogP contribution in [0.5, 0.6) is 0 Å². The summed E-state index contributed by atoms with van der Waals surface area (Å²) in [5.41, 5.74) is 0. The average molecular weight is 212 g/mol. The summed E-state index contributed by atoms with van der Waals surface area (Å²) in [4.78, 5) is 8.86. The molecule has 0 saturated carbocycles. The van der Waals surface area contributed by atoms with Gasteiger partial charge in [-0.2, -0.15) is 0 Å². The number of carboxylic acid groups (broad SMARTS) is 1. The Kier molecular flexibility index (Phi) is 11.7. The fourth-order valence-corrected chi connectivity index (χ4v) is 0. The molecule has 0 atom stereocenters. The van der Waals surface area contributed by atoms with Crippen LogP contribution in [0.2, 0.25) is 0 Å². The smallest absolute Gasteiger partial charge is 1.00 e.